The molecule has 0 N–H and O–H groups in total. The highest BCUT2D eigenvalue weighted by Gasteiger charge is 2.21. The van der Waals surface area contributed by atoms with E-state index in [0.29, 0.717) is 28.4 Å². The van der Waals surface area contributed by atoms with E-state index in [1.54, 1.807) is 44.6 Å². The number of ether oxygens (including phenoxy) is 4. The van der Waals surface area contributed by atoms with Crippen LogP contribution in [0.4, 0.5) is 0 Å². The minimum absolute atomic E-state index is 0.0553. The highest BCUT2D eigenvalue weighted by atomic mass is 32.2. The van der Waals surface area contributed by atoms with Crippen molar-refractivity contribution in [2.24, 2.45) is 0 Å². The van der Waals surface area contributed by atoms with Gasteiger partial charge in [0.25, 0.3) is 0 Å². The summed E-state index contributed by atoms with van der Waals surface area (Å²) < 4.78 is 52.2. The number of carbonyl (C=O) groups excluding carboxylic acids is 1. The molecule has 0 aliphatic heterocycles. The van der Waals surface area contributed by atoms with Crippen molar-refractivity contribution < 1.29 is 36.3 Å². The molecule has 0 unspecified atom stereocenters. The molecule has 4 rings (SSSR count). The average molecular weight is 563 g/mol. The first-order valence-electron chi connectivity index (χ1n) is 12.3. The fraction of sp³-hybridized carbons (Fsp3) is 0.194. The molecule has 208 valence electrons. The van der Waals surface area contributed by atoms with E-state index < -0.39 is 16.1 Å². The molecule has 0 heterocycles. The van der Waals surface area contributed by atoms with Crippen LogP contribution in [0.2, 0.25) is 0 Å². The molecule has 0 spiro atoms. The van der Waals surface area contributed by atoms with Crippen molar-refractivity contribution in [3.8, 4) is 51.0 Å². The molecule has 0 saturated heterocycles. The Balaban J connectivity index is 1.78. The van der Waals surface area contributed by atoms with Gasteiger partial charge in [-0.25, -0.2) is 0 Å². The van der Waals surface area contributed by atoms with E-state index in [2.05, 4.69) is 0 Å². The second-order valence-electron chi connectivity index (χ2n) is 9.00. The lowest BCUT2D eigenvalue weighted by Crippen LogP contribution is -2.08. The van der Waals surface area contributed by atoms with Crippen molar-refractivity contribution in [1.29, 1.82) is 0 Å². The van der Waals surface area contributed by atoms with Gasteiger partial charge in [-0.05, 0) is 53.9 Å². The molecule has 40 heavy (non-hydrogen) atoms. The summed E-state index contributed by atoms with van der Waals surface area (Å²) in [5.41, 5.74) is 4.67. The van der Waals surface area contributed by atoms with E-state index >= 15 is 0 Å². The molecule has 0 atom stereocenters. The molecule has 0 aliphatic carbocycles. The molecule has 4 aromatic rings. The fourth-order valence-electron chi connectivity index (χ4n) is 4.38. The van der Waals surface area contributed by atoms with Crippen LogP contribution in [0, 0.1) is 6.92 Å². The van der Waals surface area contributed by atoms with Crippen LogP contribution in [0.3, 0.4) is 0 Å². The molecule has 0 bridgehead atoms. The number of hydrogen-bond acceptors (Lipinski definition) is 8. The van der Waals surface area contributed by atoms with Gasteiger partial charge in [0, 0.05) is 23.6 Å². The zero-order valence-corrected chi connectivity index (χ0v) is 23.7. The number of hydrogen-bond donors (Lipinski definition) is 0. The third-order valence-electron chi connectivity index (χ3n) is 6.04. The molecular weight excluding hydrogens is 532 g/mol. The van der Waals surface area contributed by atoms with Gasteiger partial charge in [-0.2, -0.15) is 8.42 Å². The standard InChI is InChI=1S/C31H30O8S/c1-20-30(23-11-14-25(15-12-23)38-21(2)32)29(35-3)18-26(31(20)36-4)24-13-16-27(28(17-24)39-40(5,33)34)37-19-22-9-7-6-8-10-22/h6-18H,19H2,1-5H3. The quantitative estimate of drug-likeness (QED) is 0.128. The molecule has 8 nitrogen and oxygen atoms in total. The summed E-state index contributed by atoms with van der Waals surface area (Å²) in [5.74, 6) is 1.52. The van der Waals surface area contributed by atoms with Crippen molar-refractivity contribution in [3.05, 3.63) is 90.0 Å². The number of methoxy groups -OCH3 is 2. The largest absolute Gasteiger partial charge is 0.496 e. The summed E-state index contributed by atoms with van der Waals surface area (Å²) in [6.45, 7) is 3.49. The molecule has 0 saturated carbocycles. The molecule has 0 aromatic heterocycles. The lowest BCUT2D eigenvalue weighted by molar-refractivity contribution is -0.131. The number of benzene rings is 4. The highest BCUT2D eigenvalue weighted by Crippen LogP contribution is 2.46. The van der Waals surface area contributed by atoms with Gasteiger partial charge in [-0.1, -0.05) is 48.5 Å². The minimum Gasteiger partial charge on any atom is -0.496 e. The lowest BCUT2D eigenvalue weighted by atomic mass is 9.93. The third-order valence-corrected chi connectivity index (χ3v) is 6.53. The average Bonchev–Trinajstić information content (AvgIpc) is 2.91. The molecule has 0 radical (unpaired) electrons. The maximum absolute atomic E-state index is 12.1. The topological polar surface area (TPSA) is 97.4 Å². The van der Waals surface area contributed by atoms with Gasteiger partial charge in [0.1, 0.15) is 23.9 Å². The van der Waals surface area contributed by atoms with Crippen LogP contribution in [0.15, 0.2) is 78.9 Å². The van der Waals surface area contributed by atoms with Crippen molar-refractivity contribution in [2.45, 2.75) is 20.5 Å². The minimum atomic E-state index is -3.84. The number of rotatable bonds is 10. The zero-order valence-electron chi connectivity index (χ0n) is 22.9. The third kappa shape index (κ3) is 6.73. The Morgan fingerprint density at radius 3 is 2.08 bits per heavy atom. The Hall–Kier alpha value is -4.50. The van der Waals surface area contributed by atoms with Gasteiger partial charge < -0.3 is 23.1 Å². The van der Waals surface area contributed by atoms with Crippen LogP contribution in [0.5, 0.6) is 28.7 Å². The summed E-state index contributed by atoms with van der Waals surface area (Å²) in [4.78, 5) is 11.3. The molecular formula is C31H30O8S. The Morgan fingerprint density at radius 1 is 0.800 bits per heavy atom. The predicted octanol–water partition coefficient (Wildman–Crippen LogP) is 6.19. The zero-order chi connectivity index (χ0) is 28.9. The summed E-state index contributed by atoms with van der Waals surface area (Å²) >= 11 is 0. The van der Waals surface area contributed by atoms with E-state index in [-0.39, 0.29) is 18.1 Å². The van der Waals surface area contributed by atoms with E-state index in [1.165, 1.54) is 6.92 Å². The van der Waals surface area contributed by atoms with Crippen molar-refractivity contribution >= 4 is 16.1 Å². The summed E-state index contributed by atoms with van der Waals surface area (Å²) in [6, 6.07) is 23.5. The normalized spacial score (nSPS) is 11.0. The number of carbonyl (C=O) groups is 1. The van der Waals surface area contributed by atoms with Gasteiger partial charge in [-0.15, -0.1) is 0 Å². The van der Waals surface area contributed by atoms with Gasteiger partial charge in [-0.3, -0.25) is 4.79 Å². The molecule has 0 fully saturated rings. The summed E-state index contributed by atoms with van der Waals surface area (Å²) in [6.07, 6.45) is 0.982. The van der Waals surface area contributed by atoms with Gasteiger partial charge in [0.05, 0.1) is 20.5 Å². The number of esters is 1. The Kier molecular flexibility index (Phi) is 8.64. The Morgan fingerprint density at radius 2 is 1.48 bits per heavy atom. The lowest BCUT2D eigenvalue weighted by Gasteiger charge is -2.20. The van der Waals surface area contributed by atoms with E-state index in [4.69, 9.17) is 23.1 Å². The van der Waals surface area contributed by atoms with Crippen LogP contribution < -0.4 is 23.1 Å². The molecule has 0 aliphatic rings. The van der Waals surface area contributed by atoms with Gasteiger partial charge >= 0.3 is 16.1 Å². The Labute approximate surface area is 234 Å². The van der Waals surface area contributed by atoms with Crippen LogP contribution in [0.1, 0.15) is 18.1 Å². The van der Waals surface area contributed by atoms with E-state index in [1.807, 2.05) is 55.5 Å². The van der Waals surface area contributed by atoms with Gasteiger partial charge in [0.2, 0.25) is 0 Å². The summed E-state index contributed by atoms with van der Waals surface area (Å²) in [5, 5.41) is 0. The monoisotopic (exact) mass is 562 g/mol. The maximum Gasteiger partial charge on any atom is 0.308 e. The van der Waals surface area contributed by atoms with Crippen LogP contribution in [-0.2, 0) is 21.5 Å². The van der Waals surface area contributed by atoms with Crippen LogP contribution in [0.25, 0.3) is 22.3 Å². The maximum atomic E-state index is 12.1. The van der Waals surface area contributed by atoms with Crippen LogP contribution >= 0.6 is 0 Å². The second-order valence-corrected chi connectivity index (χ2v) is 10.6. The predicted molar refractivity (Wildman–Crippen MR) is 153 cm³/mol. The molecule has 9 heteroatoms. The first-order chi connectivity index (χ1) is 19.1. The second kappa shape index (κ2) is 12.1. The van der Waals surface area contributed by atoms with Gasteiger partial charge in [0.15, 0.2) is 11.5 Å². The van der Waals surface area contributed by atoms with Crippen LogP contribution in [-0.4, -0.2) is 34.9 Å². The first kappa shape index (κ1) is 28.5. The summed E-state index contributed by atoms with van der Waals surface area (Å²) in [7, 11) is -0.703. The first-order valence-corrected chi connectivity index (χ1v) is 14.2. The van der Waals surface area contributed by atoms with E-state index in [0.717, 1.165) is 28.5 Å². The molecule has 4 aromatic carbocycles. The molecule has 0 amide bonds. The van der Waals surface area contributed by atoms with Crippen molar-refractivity contribution in [1.82, 2.24) is 0 Å². The SMILES string of the molecule is COc1cc(-c2ccc(OCc3ccccc3)c(OS(C)(=O)=O)c2)c(OC)c(C)c1-c1ccc(OC(C)=O)cc1. The van der Waals surface area contributed by atoms with Crippen molar-refractivity contribution in [3.63, 3.8) is 0 Å². The smallest absolute Gasteiger partial charge is 0.308 e. The Bertz CT molecular complexity index is 1610. The van der Waals surface area contributed by atoms with Crippen molar-refractivity contribution in [2.75, 3.05) is 20.5 Å². The highest BCUT2D eigenvalue weighted by molar-refractivity contribution is 7.86. The van der Waals surface area contributed by atoms with E-state index in [9.17, 15) is 13.2 Å². The fourth-order valence-corrected chi connectivity index (χ4v) is 4.84.